The summed E-state index contributed by atoms with van der Waals surface area (Å²) in [5.74, 6) is 5.94. The smallest absolute Gasteiger partial charge is 0.264 e. The number of nitrogens with one attached hydrogen (secondary N) is 1. The van der Waals surface area contributed by atoms with E-state index < -0.39 is 11.9 Å². The fourth-order valence-corrected chi connectivity index (χ4v) is 4.82. The van der Waals surface area contributed by atoms with Crippen molar-refractivity contribution >= 4 is 28.0 Å². The molecule has 1 amide bonds. The van der Waals surface area contributed by atoms with Crippen molar-refractivity contribution in [1.82, 2.24) is 39.5 Å². The first-order valence-electron chi connectivity index (χ1n) is 12.8. The van der Waals surface area contributed by atoms with Crippen LogP contribution in [0.25, 0.3) is 22.0 Å². The van der Waals surface area contributed by atoms with Gasteiger partial charge in [0, 0.05) is 24.0 Å². The van der Waals surface area contributed by atoms with Crippen LogP contribution in [0.15, 0.2) is 78.1 Å². The van der Waals surface area contributed by atoms with Gasteiger partial charge in [0.05, 0.1) is 35.1 Å². The summed E-state index contributed by atoms with van der Waals surface area (Å²) in [5, 5.41) is 20.2. The number of nitrogen functional groups attached to an aromatic ring is 1. The van der Waals surface area contributed by atoms with Gasteiger partial charge in [-0.15, -0.1) is 10.2 Å². The predicted molar refractivity (Wildman–Crippen MR) is 155 cm³/mol. The van der Waals surface area contributed by atoms with Crippen molar-refractivity contribution in [2.45, 2.75) is 19.9 Å². The molecule has 0 radical (unpaired) electrons. The second-order valence-electron chi connectivity index (χ2n) is 9.59. The van der Waals surface area contributed by atoms with Gasteiger partial charge in [-0.05, 0) is 43.5 Å². The normalized spacial score (nSPS) is 11.8. The van der Waals surface area contributed by atoms with Crippen LogP contribution in [0.5, 0.6) is 0 Å². The maximum absolute atomic E-state index is 14.2. The highest BCUT2D eigenvalue weighted by Gasteiger charge is 2.23. The second kappa shape index (κ2) is 10.1. The van der Waals surface area contributed by atoms with Crippen LogP contribution in [0.1, 0.15) is 45.8 Å². The summed E-state index contributed by atoms with van der Waals surface area (Å²) in [4.78, 5) is 27.6. The summed E-state index contributed by atoms with van der Waals surface area (Å²) in [5.41, 5.74) is 10.0. The lowest BCUT2D eigenvalue weighted by molar-refractivity contribution is 0.0941. The molecule has 202 valence electrons. The number of fused-ring (bicyclic) bond motifs is 2. The highest BCUT2D eigenvalue weighted by atomic mass is 16.2. The second-order valence-corrected chi connectivity index (χ2v) is 9.59. The Morgan fingerprint density at radius 3 is 2.56 bits per heavy atom. The molecule has 6 aromatic rings. The molecular weight excluding hydrogens is 518 g/mol. The zero-order chi connectivity index (χ0) is 28.7. The third-order valence-corrected chi connectivity index (χ3v) is 7.06. The number of carbonyl (C=O) groups is 1. The third-order valence-electron chi connectivity index (χ3n) is 7.06. The average molecular weight is 544 g/mol. The lowest BCUT2D eigenvalue weighted by Crippen LogP contribution is -2.32. The Bertz CT molecular complexity index is 2080. The highest BCUT2D eigenvalue weighted by molar-refractivity contribution is 6.05. The molecule has 4 aromatic heterocycles. The molecule has 1 atom stereocenters. The summed E-state index contributed by atoms with van der Waals surface area (Å²) >= 11 is 0. The highest BCUT2D eigenvalue weighted by Crippen LogP contribution is 2.24. The van der Waals surface area contributed by atoms with Crippen molar-refractivity contribution in [2.75, 3.05) is 5.73 Å². The molecule has 0 aliphatic heterocycles. The monoisotopic (exact) mass is 543 g/mol. The molecule has 0 bridgehead atoms. The SMILES string of the molecule is Cc1c(C#Cc2cccc3cc([C@H](C)NC(=O)c4c(N)nn5cnncc45)n(-c4ccccc4)c(=O)c23)cnn1C. The van der Waals surface area contributed by atoms with Crippen LogP contribution in [-0.2, 0) is 7.05 Å². The number of nitrogens with two attached hydrogens (primary N) is 1. The zero-order valence-electron chi connectivity index (χ0n) is 22.5. The Kier molecular flexibility index (Phi) is 6.28. The van der Waals surface area contributed by atoms with Gasteiger partial charge in [-0.3, -0.25) is 18.8 Å². The van der Waals surface area contributed by atoms with E-state index in [0.717, 1.165) is 11.3 Å². The molecule has 0 unspecified atom stereocenters. The van der Waals surface area contributed by atoms with Crippen LogP contribution in [-0.4, -0.2) is 40.1 Å². The van der Waals surface area contributed by atoms with Crippen molar-refractivity contribution in [3.63, 3.8) is 0 Å². The van der Waals surface area contributed by atoms with Crippen LogP contribution in [0, 0.1) is 18.8 Å². The molecule has 11 nitrogen and oxygen atoms in total. The van der Waals surface area contributed by atoms with Crippen molar-refractivity contribution in [3.8, 4) is 17.5 Å². The number of carbonyl (C=O) groups excluding carboxylic acids is 1. The maximum atomic E-state index is 14.2. The number of rotatable bonds is 4. The van der Waals surface area contributed by atoms with Crippen LogP contribution in [0.3, 0.4) is 0 Å². The minimum atomic E-state index is -0.586. The Morgan fingerprint density at radius 2 is 1.80 bits per heavy atom. The zero-order valence-corrected chi connectivity index (χ0v) is 22.5. The van der Waals surface area contributed by atoms with Crippen LogP contribution in [0.4, 0.5) is 5.82 Å². The number of pyridine rings is 1. The molecule has 0 spiro atoms. The van der Waals surface area contributed by atoms with E-state index >= 15 is 0 Å². The summed E-state index contributed by atoms with van der Waals surface area (Å²) in [6.45, 7) is 3.76. The van der Waals surface area contributed by atoms with Gasteiger partial charge in [-0.1, -0.05) is 42.2 Å². The van der Waals surface area contributed by atoms with Gasteiger partial charge in [0.25, 0.3) is 11.5 Å². The minimum Gasteiger partial charge on any atom is -0.382 e. The fraction of sp³-hybridized carbons (Fsp3) is 0.133. The topological polar surface area (TPSA) is 138 Å². The quantitative estimate of drug-likeness (QED) is 0.326. The standard InChI is InChI=1S/C30H25N9O2/c1-18(35-29(40)27-25-16-32-33-17-38(25)36-28(27)31)24-14-21-9-7-8-20(12-13-22-15-34-37(3)19(22)2)26(21)30(41)39(24)23-10-5-4-6-11-23/h4-11,14-18H,1-3H3,(H2,31,36)(H,35,40)/t18-/m0/s1. The van der Waals surface area contributed by atoms with Crippen LogP contribution in [0.2, 0.25) is 0 Å². The largest absolute Gasteiger partial charge is 0.382 e. The van der Waals surface area contributed by atoms with E-state index in [1.807, 2.05) is 75.5 Å². The van der Waals surface area contributed by atoms with E-state index in [9.17, 15) is 9.59 Å². The molecule has 0 saturated heterocycles. The van der Waals surface area contributed by atoms with Gasteiger partial charge in [0.2, 0.25) is 0 Å². The Labute approximate surface area is 234 Å². The van der Waals surface area contributed by atoms with Crippen molar-refractivity contribution in [2.24, 2.45) is 7.05 Å². The van der Waals surface area contributed by atoms with Gasteiger partial charge in [-0.2, -0.15) is 10.2 Å². The Hall–Kier alpha value is -5.76. The number of amides is 1. The number of para-hydroxylation sites is 1. The van der Waals surface area contributed by atoms with Gasteiger partial charge >= 0.3 is 0 Å². The van der Waals surface area contributed by atoms with E-state index in [-0.39, 0.29) is 16.9 Å². The maximum Gasteiger partial charge on any atom is 0.264 e. The van der Waals surface area contributed by atoms with Gasteiger partial charge in [-0.25, -0.2) is 4.52 Å². The van der Waals surface area contributed by atoms with Crippen LogP contribution >= 0.6 is 0 Å². The van der Waals surface area contributed by atoms with Gasteiger partial charge in [0.15, 0.2) is 5.82 Å². The molecule has 11 heteroatoms. The predicted octanol–water partition coefficient (Wildman–Crippen LogP) is 2.94. The molecule has 0 saturated carbocycles. The molecule has 0 aliphatic carbocycles. The lowest BCUT2D eigenvalue weighted by atomic mass is 10.0. The molecular formula is C30H25N9O2. The van der Waals surface area contributed by atoms with Crippen LogP contribution < -0.4 is 16.6 Å². The van der Waals surface area contributed by atoms with E-state index in [2.05, 4.69) is 37.6 Å². The molecule has 6 rings (SSSR count). The molecule has 0 fully saturated rings. The van der Waals surface area contributed by atoms with Crippen molar-refractivity contribution < 1.29 is 4.79 Å². The van der Waals surface area contributed by atoms with Crippen molar-refractivity contribution in [1.29, 1.82) is 0 Å². The molecule has 3 N–H and O–H groups in total. The number of benzene rings is 2. The summed E-state index contributed by atoms with van der Waals surface area (Å²) in [6.07, 6.45) is 4.51. The first-order valence-corrected chi connectivity index (χ1v) is 12.8. The first-order chi connectivity index (χ1) is 19.8. The number of nitrogens with zero attached hydrogens (tertiary/aromatic N) is 7. The number of hydrogen-bond acceptors (Lipinski definition) is 7. The summed E-state index contributed by atoms with van der Waals surface area (Å²) < 4.78 is 4.76. The number of aromatic nitrogens is 7. The molecule has 4 heterocycles. The molecule has 41 heavy (non-hydrogen) atoms. The number of aryl methyl sites for hydroxylation is 1. The average Bonchev–Trinajstić information content (AvgIpc) is 3.49. The number of anilines is 1. The first kappa shape index (κ1) is 25.5. The summed E-state index contributed by atoms with van der Waals surface area (Å²) in [6, 6.07) is 16.2. The van der Waals surface area contributed by atoms with Gasteiger partial charge < -0.3 is 11.1 Å². The third kappa shape index (κ3) is 4.47. The van der Waals surface area contributed by atoms with E-state index in [1.165, 1.54) is 17.0 Å². The van der Waals surface area contributed by atoms with Crippen molar-refractivity contribution in [3.05, 3.63) is 112 Å². The fourth-order valence-electron chi connectivity index (χ4n) is 4.82. The Balaban J connectivity index is 1.48. The Morgan fingerprint density at radius 1 is 1.02 bits per heavy atom. The van der Waals surface area contributed by atoms with Gasteiger partial charge in [0.1, 0.15) is 17.4 Å². The summed E-state index contributed by atoms with van der Waals surface area (Å²) in [7, 11) is 1.86. The van der Waals surface area contributed by atoms with E-state index in [0.29, 0.717) is 33.2 Å². The van der Waals surface area contributed by atoms with E-state index in [1.54, 1.807) is 15.4 Å². The van der Waals surface area contributed by atoms with E-state index in [4.69, 9.17) is 5.73 Å². The lowest BCUT2D eigenvalue weighted by Gasteiger charge is -2.21. The molecule has 2 aromatic carbocycles. The minimum absolute atomic E-state index is 0.0514. The molecule has 0 aliphatic rings. The number of hydrogen-bond donors (Lipinski definition) is 2.